The average Bonchev–Trinajstić information content (AvgIpc) is 2.71. The molecule has 0 aliphatic rings. The molecule has 7 heteroatoms. The number of anilines is 1. The molecule has 0 unspecified atom stereocenters. The van der Waals surface area contributed by atoms with Crippen LogP contribution in [0.5, 0.6) is 17.2 Å². The Balaban J connectivity index is 2.25. The summed E-state index contributed by atoms with van der Waals surface area (Å²) in [5.41, 5.74) is 0.836. The number of hydrogen-bond donors (Lipinski definition) is 1. The molecule has 1 amide bonds. The molecule has 0 aliphatic carbocycles. The van der Waals surface area contributed by atoms with Crippen LogP contribution < -0.4 is 19.5 Å². The molecule has 28 heavy (non-hydrogen) atoms. The normalized spacial score (nSPS) is 10.4. The van der Waals surface area contributed by atoms with Crippen LogP contribution in [-0.4, -0.2) is 39.8 Å². The predicted octanol–water partition coefficient (Wildman–Crippen LogP) is 3.78. The molecule has 0 bridgehead atoms. The van der Waals surface area contributed by atoms with Crippen molar-refractivity contribution in [1.29, 1.82) is 0 Å². The molecule has 2 aromatic rings. The molecule has 0 aromatic heterocycles. The summed E-state index contributed by atoms with van der Waals surface area (Å²) in [5.74, 6) is 0.841. The Morgan fingerprint density at radius 3 is 2.11 bits per heavy atom. The molecule has 0 spiro atoms. The van der Waals surface area contributed by atoms with Gasteiger partial charge in [0.05, 0.1) is 39.2 Å². The third kappa shape index (κ3) is 5.16. The van der Waals surface area contributed by atoms with Gasteiger partial charge in [0.1, 0.15) is 5.75 Å². The maximum Gasteiger partial charge on any atom is 0.340 e. The van der Waals surface area contributed by atoms with Crippen LogP contribution in [0.4, 0.5) is 5.69 Å². The van der Waals surface area contributed by atoms with E-state index in [1.54, 1.807) is 24.3 Å². The van der Waals surface area contributed by atoms with Crippen molar-refractivity contribution in [3.8, 4) is 17.2 Å². The minimum atomic E-state index is -0.603. The van der Waals surface area contributed by atoms with Crippen LogP contribution in [0.15, 0.2) is 36.4 Å². The first-order valence-corrected chi connectivity index (χ1v) is 8.78. The van der Waals surface area contributed by atoms with Crippen molar-refractivity contribution in [1.82, 2.24) is 0 Å². The van der Waals surface area contributed by atoms with Gasteiger partial charge in [-0.15, -0.1) is 0 Å². The first kappa shape index (κ1) is 21.1. The van der Waals surface area contributed by atoms with Crippen LogP contribution in [0.1, 0.15) is 34.6 Å². The third-order valence-electron chi connectivity index (χ3n) is 3.88. The topological polar surface area (TPSA) is 83.1 Å². The fourth-order valence-electron chi connectivity index (χ4n) is 2.42. The Kier molecular flexibility index (Phi) is 7.26. The Hall–Kier alpha value is -3.22. The summed E-state index contributed by atoms with van der Waals surface area (Å²) in [7, 11) is 4.19. The summed E-state index contributed by atoms with van der Waals surface area (Å²) in [5, 5.41) is 2.72. The zero-order valence-corrected chi connectivity index (χ0v) is 16.7. The van der Waals surface area contributed by atoms with Gasteiger partial charge in [0.25, 0.3) is 5.91 Å². The lowest BCUT2D eigenvalue weighted by molar-refractivity contribution is 0.0601. The first-order valence-electron chi connectivity index (χ1n) is 8.78. The molecule has 0 atom stereocenters. The minimum Gasteiger partial charge on any atom is -0.493 e. The molecule has 2 rings (SSSR count). The predicted molar refractivity (Wildman–Crippen MR) is 106 cm³/mol. The highest BCUT2D eigenvalue weighted by atomic mass is 16.5. The Labute approximate surface area is 164 Å². The molecule has 0 saturated heterocycles. The monoisotopic (exact) mass is 387 g/mol. The van der Waals surface area contributed by atoms with Gasteiger partial charge in [-0.25, -0.2) is 4.79 Å². The smallest absolute Gasteiger partial charge is 0.340 e. The fourth-order valence-corrected chi connectivity index (χ4v) is 2.42. The number of nitrogens with one attached hydrogen (secondary N) is 1. The van der Waals surface area contributed by atoms with Crippen LogP contribution >= 0.6 is 0 Å². The quantitative estimate of drug-likeness (QED) is 0.694. The minimum absolute atomic E-state index is 0.158. The van der Waals surface area contributed by atoms with Crippen LogP contribution in [0.3, 0.4) is 0 Å². The average molecular weight is 387 g/mol. The molecule has 1 N–H and O–H groups in total. The zero-order valence-electron chi connectivity index (χ0n) is 16.7. The number of methoxy groups -OCH3 is 3. The number of hydrogen-bond acceptors (Lipinski definition) is 6. The van der Waals surface area contributed by atoms with Gasteiger partial charge < -0.3 is 24.3 Å². The zero-order chi connectivity index (χ0) is 20.7. The lowest BCUT2D eigenvalue weighted by Crippen LogP contribution is -2.16. The molecule has 150 valence electrons. The highest BCUT2D eigenvalue weighted by Crippen LogP contribution is 2.34. The number of carbonyl (C=O) groups is 2. The van der Waals surface area contributed by atoms with E-state index in [0.29, 0.717) is 35.3 Å². The van der Waals surface area contributed by atoms with Crippen molar-refractivity contribution >= 4 is 17.6 Å². The maximum absolute atomic E-state index is 12.6. The van der Waals surface area contributed by atoms with Gasteiger partial charge >= 0.3 is 5.97 Å². The second-order valence-corrected chi connectivity index (χ2v) is 6.43. The highest BCUT2D eigenvalue weighted by Gasteiger charge is 2.19. The standard InChI is InChI=1S/C21H25NO6/c1-13(2)12-28-15-8-6-14(7-9-15)20(23)22-17-11-19(26-4)18(25-3)10-16(17)21(24)27-5/h6-11,13H,12H2,1-5H3,(H,22,23). The summed E-state index contributed by atoms with van der Waals surface area (Å²) in [6.07, 6.45) is 0. The molecule has 0 fully saturated rings. The van der Waals surface area contributed by atoms with Gasteiger partial charge in [-0.1, -0.05) is 13.8 Å². The summed E-state index contributed by atoms with van der Waals surface area (Å²) in [6.45, 7) is 4.72. The molecule has 2 aromatic carbocycles. The number of ether oxygens (including phenoxy) is 4. The van der Waals surface area contributed by atoms with Crippen LogP contribution in [0.2, 0.25) is 0 Å². The van der Waals surface area contributed by atoms with E-state index in [0.717, 1.165) is 0 Å². The second-order valence-electron chi connectivity index (χ2n) is 6.43. The number of rotatable bonds is 8. The van der Waals surface area contributed by atoms with Gasteiger partial charge in [-0.3, -0.25) is 4.79 Å². The highest BCUT2D eigenvalue weighted by molar-refractivity contribution is 6.08. The summed E-state index contributed by atoms with van der Waals surface area (Å²) >= 11 is 0. The fraction of sp³-hybridized carbons (Fsp3) is 0.333. The van der Waals surface area contributed by atoms with E-state index in [1.807, 2.05) is 0 Å². The molecule has 7 nitrogen and oxygen atoms in total. The summed E-state index contributed by atoms with van der Waals surface area (Å²) < 4.78 is 20.9. The van der Waals surface area contributed by atoms with Crippen molar-refractivity contribution in [2.75, 3.05) is 33.3 Å². The molecule has 0 aliphatic heterocycles. The lowest BCUT2D eigenvalue weighted by Gasteiger charge is -2.15. The molecule has 0 saturated carbocycles. The number of esters is 1. The Morgan fingerprint density at radius 1 is 0.964 bits per heavy atom. The van der Waals surface area contributed by atoms with E-state index in [-0.39, 0.29) is 17.2 Å². The Bertz CT molecular complexity index is 830. The SMILES string of the molecule is COC(=O)c1cc(OC)c(OC)cc1NC(=O)c1ccc(OCC(C)C)cc1. The first-order chi connectivity index (χ1) is 13.4. The van der Waals surface area contributed by atoms with Gasteiger partial charge in [0.2, 0.25) is 0 Å². The van der Waals surface area contributed by atoms with Crippen LogP contribution in [-0.2, 0) is 4.74 Å². The van der Waals surface area contributed by atoms with Crippen LogP contribution in [0.25, 0.3) is 0 Å². The second kappa shape index (κ2) is 9.64. The maximum atomic E-state index is 12.6. The van der Waals surface area contributed by atoms with Crippen LogP contribution in [0, 0.1) is 5.92 Å². The van der Waals surface area contributed by atoms with Crippen molar-refractivity contribution in [3.05, 3.63) is 47.5 Å². The number of benzene rings is 2. The molecule has 0 heterocycles. The van der Waals surface area contributed by atoms with Gasteiger partial charge in [-0.05, 0) is 30.2 Å². The van der Waals surface area contributed by atoms with Crippen molar-refractivity contribution in [2.45, 2.75) is 13.8 Å². The van der Waals surface area contributed by atoms with E-state index in [2.05, 4.69) is 19.2 Å². The van der Waals surface area contributed by atoms with Crippen molar-refractivity contribution < 1.29 is 28.5 Å². The van der Waals surface area contributed by atoms with E-state index in [9.17, 15) is 9.59 Å². The number of carbonyl (C=O) groups excluding carboxylic acids is 2. The largest absolute Gasteiger partial charge is 0.493 e. The van der Waals surface area contributed by atoms with Gasteiger partial charge in [0, 0.05) is 17.7 Å². The van der Waals surface area contributed by atoms with E-state index in [1.165, 1.54) is 33.5 Å². The van der Waals surface area contributed by atoms with Gasteiger partial charge in [0.15, 0.2) is 11.5 Å². The van der Waals surface area contributed by atoms with E-state index < -0.39 is 5.97 Å². The van der Waals surface area contributed by atoms with E-state index in [4.69, 9.17) is 18.9 Å². The number of amides is 1. The third-order valence-corrected chi connectivity index (χ3v) is 3.88. The van der Waals surface area contributed by atoms with Gasteiger partial charge in [-0.2, -0.15) is 0 Å². The lowest BCUT2D eigenvalue weighted by atomic mass is 10.1. The summed E-state index contributed by atoms with van der Waals surface area (Å²) in [6, 6.07) is 9.75. The Morgan fingerprint density at radius 2 is 1.57 bits per heavy atom. The van der Waals surface area contributed by atoms with Crippen molar-refractivity contribution in [3.63, 3.8) is 0 Å². The molecular formula is C21H25NO6. The van der Waals surface area contributed by atoms with E-state index >= 15 is 0 Å². The molecule has 0 radical (unpaired) electrons. The molecular weight excluding hydrogens is 362 g/mol. The summed E-state index contributed by atoms with van der Waals surface area (Å²) in [4.78, 5) is 24.7. The van der Waals surface area contributed by atoms with Crippen molar-refractivity contribution in [2.24, 2.45) is 5.92 Å².